The van der Waals surface area contributed by atoms with Gasteiger partial charge in [0.05, 0.1) is 24.5 Å². The van der Waals surface area contributed by atoms with E-state index in [-0.39, 0.29) is 18.2 Å². The zero-order chi connectivity index (χ0) is 20.3. The summed E-state index contributed by atoms with van der Waals surface area (Å²) in [5, 5.41) is 2.89. The van der Waals surface area contributed by atoms with Crippen molar-refractivity contribution in [2.45, 2.75) is 33.1 Å². The lowest BCUT2D eigenvalue weighted by molar-refractivity contribution is 0.0729. The number of carbonyl (C=O) groups is 1. The maximum absolute atomic E-state index is 12.7. The summed E-state index contributed by atoms with van der Waals surface area (Å²) in [5.74, 6) is 0.982. The number of aryl methyl sites for hydroxylation is 2. The van der Waals surface area contributed by atoms with Crippen LogP contribution in [0.4, 0.5) is 0 Å². The van der Waals surface area contributed by atoms with Crippen molar-refractivity contribution in [2.75, 3.05) is 26.3 Å². The fraction of sp³-hybridized carbons (Fsp3) is 0.450. The summed E-state index contributed by atoms with van der Waals surface area (Å²) in [6.45, 7) is 7.27. The Morgan fingerprint density at radius 1 is 1.07 bits per heavy atom. The third kappa shape index (κ3) is 4.45. The van der Waals surface area contributed by atoms with Crippen LogP contribution in [0.1, 0.15) is 38.6 Å². The number of morpholine rings is 1. The lowest BCUT2D eigenvalue weighted by Crippen LogP contribution is -2.41. The van der Waals surface area contributed by atoms with Gasteiger partial charge in [-0.05, 0) is 31.9 Å². The molecule has 1 fully saturated rings. The molecule has 8 heteroatoms. The molecule has 0 aliphatic carbocycles. The fourth-order valence-electron chi connectivity index (χ4n) is 3.37. The van der Waals surface area contributed by atoms with E-state index in [1.54, 1.807) is 13.0 Å². The fourth-order valence-corrected chi connectivity index (χ4v) is 4.94. The van der Waals surface area contributed by atoms with Gasteiger partial charge in [0.25, 0.3) is 5.91 Å². The number of amides is 1. The van der Waals surface area contributed by atoms with Gasteiger partial charge in [-0.15, -0.1) is 0 Å². The first-order valence-electron chi connectivity index (χ1n) is 9.26. The molecule has 1 aromatic heterocycles. The van der Waals surface area contributed by atoms with Crippen LogP contribution in [0.25, 0.3) is 0 Å². The number of sulfonamides is 1. The average Bonchev–Trinajstić information content (AvgIpc) is 2.93. The summed E-state index contributed by atoms with van der Waals surface area (Å²) in [7, 11) is -3.43. The van der Waals surface area contributed by atoms with E-state index in [1.807, 2.05) is 32.0 Å². The first kappa shape index (κ1) is 20.6. The molecule has 2 aromatic rings. The van der Waals surface area contributed by atoms with Gasteiger partial charge >= 0.3 is 0 Å². The number of nitrogens with one attached hydrogen (secondary N) is 1. The number of furan rings is 1. The van der Waals surface area contributed by atoms with E-state index in [1.165, 1.54) is 4.31 Å². The van der Waals surface area contributed by atoms with Crippen LogP contribution < -0.4 is 5.32 Å². The van der Waals surface area contributed by atoms with Crippen molar-refractivity contribution in [3.63, 3.8) is 0 Å². The summed E-state index contributed by atoms with van der Waals surface area (Å²) in [6, 6.07) is 7.27. The third-order valence-electron chi connectivity index (χ3n) is 5.05. The van der Waals surface area contributed by atoms with E-state index in [0.29, 0.717) is 43.2 Å². The third-order valence-corrected chi connectivity index (χ3v) is 6.88. The molecule has 1 aliphatic rings. The Kier molecular flexibility index (Phi) is 6.22. The predicted octanol–water partition coefficient (Wildman–Crippen LogP) is 2.30. The summed E-state index contributed by atoms with van der Waals surface area (Å²) < 4.78 is 37.7. The van der Waals surface area contributed by atoms with Gasteiger partial charge in [0, 0.05) is 25.2 Å². The van der Waals surface area contributed by atoms with E-state index in [0.717, 1.165) is 16.9 Å². The molecule has 2 heterocycles. The zero-order valence-electron chi connectivity index (χ0n) is 16.4. The van der Waals surface area contributed by atoms with Gasteiger partial charge in [-0.3, -0.25) is 4.79 Å². The Morgan fingerprint density at radius 2 is 1.71 bits per heavy atom. The van der Waals surface area contributed by atoms with Gasteiger partial charge in [-0.2, -0.15) is 4.31 Å². The number of carbonyl (C=O) groups excluding carboxylic acids is 1. The van der Waals surface area contributed by atoms with Crippen LogP contribution in [0.2, 0.25) is 0 Å². The van der Waals surface area contributed by atoms with Crippen LogP contribution in [-0.2, 0) is 27.1 Å². The predicted molar refractivity (Wildman–Crippen MR) is 106 cm³/mol. The molecule has 152 valence electrons. The molecule has 1 amide bonds. The summed E-state index contributed by atoms with van der Waals surface area (Å²) in [4.78, 5) is 12.6. The molecule has 7 nitrogen and oxygen atoms in total. The SMILES string of the molecule is Cc1oc(C)c(C(=O)NCc2ccccc2CS(=O)(=O)N2CCOCC2)c1C. The van der Waals surface area contributed by atoms with E-state index in [4.69, 9.17) is 9.15 Å². The minimum absolute atomic E-state index is 0.0953. The largest absolute Gasteiger partial charge is 0.466 e. The van der Waals surface area contributed by atoms with Gasteiger partial charge in [0.2, 0.25) is 10.0 Å². The van der Waals surface area contributed by atoms with Crippen molar-refractivity contribution in [3.8, 4) is 0 Å². The molecule has 0 radical (unpaired) electrons. The number of hydrogen-bond donors (Lipinski definition) is 1. The molecule has 0 unspecified atom stereocenters. The first-order chi connectivity index (χ1) is 13.3. The standard InChI is InChI=1S/C20H26N2O5S/c1-14-15(2)27-16(3)19(14)20(23)21-12-17-6-4-5-7-18(17)13-28(24,25)22-8-10-26-11-9-22/h4-7H,8-13H2,1-3H3,(H,21,23). The second kappa shape index (κ2) is 8.46. The van der Waals surface area contributed by atoms with Gasteiger partial charge in [-0.25, -0.2) is 8.42 Å². The molecule has 28 heavy (non-hydrogen) atoms. The van der Waals surface area contributed by atoms with Crippen molar-refractivity contribution >= 4 is 15.9 Å². The van der Waals surface area contributed by atoms with Crippen molar-refractivity contribution in [3.05, 3.63) is 58.0 Å². The Morgan fingerprint density at radius 3 is 2.32 bits per heavy atom. The minimum Gasteiger partial charge on any atom is -0.466 e. The summed E-state index contributed by atoms with van der Waals surface area (Å²) in [6.07, 6.45) is 0. The number of nitrogens with zero attached hydrogens (tertiary/aromatic N) is 1. The van der Waals surface area contributed by atoms with Crippen LogP contribution in [0, 0.1) is 20.8 Å². The monoisotopic (exact) mass is 406 g/mol. The highest BCUT2D eigenvalue weighted by atomic mass is 32.2. The van der Waals surface area contributed by atoms with Crippen molar-refractivity contribution < 1.29 is 22.4 Å². The zero-order valence-corrected chi connectivity index (χ0v) is 17.3. The Hall–Kier alpha value is -2.16. The number of rotatable bonds is 6. The normalized spacial score (nSPS) is 15.5. The van der Waals surface area contributed by atoms with Crippen LogP contribution >= 0.6 is 0 Å². The quantitative estimate of drug-likeness (QED) is 0.795. The van der Waals surface area contributed by atoms with Crippen LogP contribution in [0.15, 0.2) is 28.7 Å². The van der Waals surface area contributed by atoms with E-state index < -0.39 is 10.0 Å². The molecule has 3 rings (SSSR count). The van der Waals surface area contributed by atoms with Crippen molar-refractivity contribution in [2.24, 2.45) is 0 Å². The smallest absolute Gasteiger partial charge is 0.255 e. The molecule has 0 atom stereocenters. The molecule has 1 N–H and O–H groups in total. The second-order valence-corrected chi connectivity index (χ2v) is 8.90. The van der Waals surface area contributed by atoms with Gasteiger partial charge in [-0.1, -0.05) is 24.3 Å². The summed E-state index contributed by atoms with van der Waals surface area (Å²) >= 11 is 0. The molecular formula is C20H26N2O5S. The maximum Gasteiger partial charge on any atom is 0.255 e. The highest BCUT2D eigenvalue weighted by Crippen LogP contribution is 2.21. The number of hydrogen-bond acceptors (Lipinski definition) is 5. The number of benzene rings is 1. The lowest BCUT2D eigenvalue weighted by atomic mass is 10.1. The van der Waals surface area contributed by atoms with E-state index in [2.05, 4.69) is 5.32 Å². The van der Waals surface area contributed by atoms with Gasteiger partial charge in [0.15, 0.2) is 0 Å². The molecule has 0 spiro atoms. The van der Waals surface area contributed by atoms with Crippen molar-refractivity contribution in [1.29, 1.82) is 0 Å². The van der Waals surface area contributed by atoms with E-state index >= 15 is 0 Å². The highest BCUT2D eigenvalue weighted by Gasteiger charge is 2.25. The summed E-state index contributed by atoms with van der Waals surface area (Å²) in [5.41, 5.74) is 2.82. The van der Waals surface area contributed by atoms with Gasteiger partial charge in [0.1, 0.15) is 11.5 Å². The Balaban J connectivity index is 1.73. The molecule has 1 aliphatic heterocycles. The maximum atomic E-state index is 12.7. The average molecular weight is 407 g/mol. The minimum atomic E-state index is -3.43. The topological polar surface area (TPSA) is 88.8 Å². The van der Waals surface area contributed by atoms with Gasteiger partial charge < -0.3 is 14.5 Å². The lowest BCUT2D eigenvalue weighted by Gasteiger charge is -2.26. The second-order valence-electron chi connectivity index (χ2n) is 6.93. The van der Waals surface area contributed by atoms with Crippen molar-refractivity contribution in [1.82, 2.24) is 9.62 Å². The van der Waals surface area contributed by atoms with E-state index in [9.17, 15) is 13.2 Å². The molecule has 1 saturated heterocycles. The molecular weight excluding hydrogens is 380 g/mol. The number of ether oxygens (including phenoxy) is 1. The molecule has 0 bridgehead atoms. The Labute approximate surface area is 165 Å². The van der Waals surface area contributed by atoms with Crippen LogP contribution in [-0.4, -0.2) is 44.9 Å². The molecule has 0 saturated carbocycles. The van der Waals surface area contributed by atoms with Crippen LogP contribution in [0.3, 0.4) is 0 Å². The Bertz CT molecular complexity index is 959. The first-order valence-corrected chi connectivity index (χ1v) is 10.9. The molecule has 1 aromatic carbocycles. The highest BCUT2D eigenvalue weighted by molar-refractivity contribution is 7.88. The van der Waals surface area contributed by atoms with Crippen LogP contribution in [0.5, 0.6) is 0 Å².